The van der Waals surface area contributed by atoms with Crippen LogP contribution >= 0.6 is 0 Å². The number of nitrogens with zero attached hydrogens (tertiary/aromatic N) is 1. The summed E-state index contributed by atoms with van der Waals surface area (Å²) < 4.78 is 10.7. The summed E-state index contributed by atoms with van der Waals surface area (Å²) in [6.07, 6.45) is 3.49. The molecule has 2 aliphatic carbocycles. The lowest BCUT2D eigenvalue weighted by molar-refractivity contribution is -0.171. The van der Waals surface area contributed by atoms with Crippen LogP contribution in [0.3, 0.4) is 0 Å². The number of hydrogen-bond donors (Lipinski definition) is 3. The molecule has 2 saturated carbocycles. The van der Waals surface area contributed by atoms with E-state index in [-0.39, 0.29) is 43.7 Å². The van der Waals surface area contributed by atoms with Gasteiger partial charge in [0.25, 0.3) is 5.91 Å². The number of hydrogen-bond acceptors (Lipinski definition) is 6. The summed E-state index contributed by atoms with van der Waals surface area (Å²) in [5.74, 6) is 0.915. The van der Waals surface area contributed by atoms with Gasteiger partial charge in [0.1, 0.15) is 5.41 Å². The van der Waals surface area contributed by atoms with Crippen molar-refractivity contribution >= 4 is 11.8 Å². The Kier molecular flexibility index (Phi) is 4.04. The molecule has 1 aromatic rings. The van der Waals surface area contributed by atoms with Crippen LogP contribution in [0.5, 0.6) is 0 Å². The molecular formula is C17H23N3O5. The highest BCUT2D eigenvalue weighted by Crippen LogP contribution is 2.40. The van der Waals surface area contributed by atoms with Gasteiger partial charge in [0, 0.05) is 18.0 Å². The first kappa shape index (κ1) is 16.5. The Morgan fingerprint density at radius 1 is 1.24 bits per heavy atom. The third-order valence-corrected chi connectivity index (χ3v) is 5.30. The van der Waals surface area contributed by atoms with Gasteiger partial charge in [0.2, 0.25) is 11.7 Å². The molecule has 8 heteroatoms. The zero-order valence-electron chi connectivity index (χ0n) is 14.2. The van der Waals surface area contributed by atoms with E-state index in [1.54, 1.807) is 6.92 Å². The molecule has 1 aliphatic heterocycles. The molecule has 2 heterocycles. The lowest BCUT2D eigenvalue weighted by atomic mass is 9.82. The third-order valence-electron chi connectivity index (χ3n) is 5.30. The van der Waals surface area contributed by atoms with Crippen molar-refractivity contribution in [2.75, 3.05) is 19.8 Å². The van der Waals surface area contributed by atoms with Gasteiger partial charge in [-0.15, -0.1) is 0 Å². The number of aliphatic hydroxyl groups is 1. The molecule has 25 heavy (non-hydrogen) atoms. The average Bonchev–Trinajstić information content (AvgIpc) is 3.27. The zero-order valence-corrected chi connectivity index (χ0v) is 14.2. The van der Waals surface area contributed by atoms with E-state index in [1.165, 1.54) is 0 Å². The maximum Gasteiger partial charge on any atom is 0.289 e. The monoisotopic (exact) mass is 349 g/mol. The van der Waals surface area contributed by atoms with E-state index in [4.69, 9.17) is 9.15 Å². The van der Waals surface area contributed by atoms with Gasteiger partial charge in [-0.25, -0.2) is 4.98 Å². The number of oxazole rings is 1. The lowest BCUT2D eigenvalue weighted by Crippen LogP contribution is -2.61. The molecule has 136 valence electrons. The average molecular weight is 349 g/mol. The number of aromatic nitrogens is 1. The van der Waals surface area contributed by atoms with Gasteiger partial charge in [0.15, 0.2) is 5.89 Å². The van der Waals surface area contributed by atoms with Crippen LogP contribution in [0.1, 0.15) is 53.7 Å². The van der Waals surface area contributed by atoms with Gasteiger partial charge >= 0.3 is 0 Å². The Morgan fingerprint density at radius 2 is 1.92 bits per heavy atom. The Labute approximate surface area is 145 Å². The summed E-state index contributed by atoms with van der Waals surface area (Å²) in [6, 6.07) is 0.0223. The molecular weight excluding hydrogens is 326 g/mol. The highest BCUT2D eigenvalue weighted by molar-refractivity contribution is 5.92. The number of ether oxygens (including phenoxy) is 1. The fraction of sp³-hybridized carbons (Fsp3) is 0.706. The Hall–Kier alpha value is -1.93. The second-order valence-electron chi connectivity index (χ2n) is 7.48. The van der Waals surface area contributed by atoms with E-state index in [9.17, 15) is 14.7 Å². The fourth-order valence-corrected chi connectivity index (χ4v) is 3.22. The van der Waals surface area contributed by atoms with Crippen LogP contribution in [0.15, 0.2) is 4.42 Å². The van der Waals surface area contributed by atoms with Crippen molar-refractivity contribution in [1.29, 1.82) is 0 Å². The van der Waals surface area contributed by atoms with Gasteiger partial charge in [-0.3, -0.25) is 9.59 Å². The maximum atomic E-state index is 12.3. The molecule has 0 atom stereocenters. The van der Waals surface area contributed by atoms with E-state index in [1.807, 2.05) is 0 Å². The SMILES string of the molecule is Cc1nc(C2CC2)oc1C(=O)NC1CC(NC(=O)C2(CO)COC2)C1. The van der Waals surface area contributed by atoms with Crippen molar-refractivity contribution in [2.45, 2.75) is 50.6 Å². The second-order valence-corrected chi connectivity index (χ2v) is 7.48. The summed E-state index contributed by atoms with van der Waals surface area (Å²) in [5.41, 5.74) is -0.164. The van der Waals surface area contributed by atoms with Crippen LogP contribution in [0, 0.1) is 12.3 Å². The largest absolute Gasteiger partial charge is 0.435 e. The zero-order chi connectivity index (χ0) is 17.6. The van der Waals surface area contributed by atoms with Crippen LogP contribution in [-0.2, 0) is 9.53 Å². The second kappa shape index (κ2) is 6.10. The predicted molar refractivity (Wildman–Crippen MR) is 86.0 cm³/mol. The van der Waals surface area contributed by atoms with Gasteiger partial charge in [-0.1, -0.05) is 0 Å². The smallest absolute Gasteiger partial charge is 0.289 e. The van der Waals surface area contributed by atoms with Crippen molar-refractivity contribution in [2.24, 2.45) is 5.41 Å². The Morgan fingerprint density at radius 3 is 2.48 bits per heavy atom. The van der Waals surface area contributed by atoms with E-state index in [0.717, 1.165) is 12.8 Å². The molecule has 0 aromatic carbocycles. The molecule has 4 rings (SSSR count). The number of carbonyl (C=O) groups is 2. The van der Waals surface area contributed by atoms with Gasteiger partial charge in [-0.05, 0) is 32.6 Å². The van der Waals surface area contributed by atoms with Crippen LogP contribution in [0.4, 0.5) is 0 Å². The van der Waals surface area contributed by atoms with Crippen molar-refractivity contribution in [3.63, 3.8) is 0 Å². The van der Waals surface area contributed by atoms with Crippen LogP contribution < -0.4 is 10.6 Å². The summed E-state index contributed by atoms with van der Waals surface area (Å²) in [4.78, 5) is 28.9. The van der Waals surface area contributed by atoms with Crippen molar-refractivity contribution < 1.29 is 23.8 Å². The highest BCUT2D eigenvalue weighted by atomic mass is 16.5. The summed E-state index contributed by atoms with van der Waals surface area (Å²) in [7, 11) is 0. The summed E-state index contributed by atoms with van der Waals surface area (Å²) in [5, 5.41) is 15.2. The predicted octanol–water partition coefficient (Wildman–Crippen LogP) is 0.246. The number of rotatable bonds is 6. The molecule has 1 aromatic heterocycles. The van der Waals surface area contributed by atoms with E-state index >= 15 is 0 Å². The summed E-state index contributed by atoms with van der Waals surface area (Å²) in [6.45, 7) is 2.09. The maximum absolute atomic E-state index is 12.3. The first-order valence-electron chi connectivity index (χ1n) is 8.78. The number of amides is 2. The van der Waals surface area contributed by atoms with Gasteiger partial charge in [-0.2, -0.15) is 0 Å². The molecule has 3 N–H and O–H groups in total. The van der Waals surface area contributed by atoms with Crippen LogP contribution in [0.2, 0.25) is 0 Å². The van der Waals surface area contributed by atoms with Crippen molar-refractivity contribution in [1.82, 2.24) is 15.6 Å². The minimum atomic E-state index is -0.787. The minimum Gasteiger partial charge on any atom is -0.435 e. The highest BCUT2D eigenvalue weighted by Gasteiger charge is 2.47. The first-order chi connectivity index (χ1) is 12.0. The van der Waals surface area contributed by atoms with Gasteiger partial charge in [0.05, 0.1) is 25.5 Å². The van der Waals surface area contributed by atoms with E-state index in [2.05, 4.69) is 15.6 Å². The van der Waals surface area contributed by atoms with Crippen LogP contribution in [0.25, 0.3) is 0 Å². The van der Waals surface area contributed by atoms with E-state index < -0.39 is 5.41 Å². The number of carbonyl (C=O) groups excluding carboxylic acids is 2. The molecule has 3 fully saturated rings. The minimum absolute atomic E-state index is 0.00870. The molecule has 0 radical (unpaired) electrons. The van der Waals surface area contributed by atoms with Crippen molar-refractivity contribution in [3.8, 4) is 0 Å². The Bertz CT molecular complexity index is 681. The van der Waals surface area contributed by atoms with Gasteiger partial charge < -0.3 is 24.9 Å². The molecule has 8 nitrogen and oxygen atoms in total. The molecule has 3 aliphatic rings. The number of aliphatic hydroxyl groups excluding tert-OH is 1. The number of nitrogens with one attached hydrogen (secondary N) is 2. The molecule has 0 unspecified atom stereocenters. The third kappa shape index (κ3) is 3.04. The quantitative estimate of drug-likeness (QED) is 0.678. The fourth-order valence-electron chi connectivity index (χ4n) is 3.22. The molecule has 2 amide bonds. The summed E-state index contributed by atoms with van der Waals surface area (Å²) >= 11 is 0. The molecule has 0 spiro atoms. The number of aryl methyl sites for hydroxylation is 1. The molecule has 1 saturated heterocycles. The topological polar surface area (TPSA) is 114 Å². The standard InChI is InChI=1S/C17H23N3O5/c1-9-13(25-15(18-9)10-2-3-10)14(22)19-11-4-12(5-11)20-16(23)17(6-21)7-24-8-17/h10-12,21H,2-8H2,1H3,(H,19,22)(H,20,23). The van der Waals surface area contributed by atoms with Crippen LogP contribution in [-0.4, -0.2) is 53.8 Å². The normalized spacial score (nSPS) is 27.1. The molecule has 0 bridgehead atoms. The Balaban J connectivity index is 1.25. The van der Waals surface area contributed by atoms with Crippen molar-refractivity contribution in [3.05, 3.63) is 17.3 Å². The lowest BCUT2D eigenvalue weighted by Gasteiger charge is -2.42. The van der Waals surface area contributed by atoms with E-state index in [0.29, 0.717) is 36.1 Å². The first-order valence-corrected chi connectivity index (χ1v) is 8.78.